The number of nitrogens with two attached hydrogens (primary N) is 1. The van der Waals surface area contributed by atoms with Crippen LogP contribution in [0.15, 0.2) is 24.3 Å². The van der Waals surface area contributed by atoms with Gasteiger partial charge in [-0.15, -0.1) is 0 Å². The van der Waals surface area contributed by atoms with Crippen LogP contribution in [0.2, 0.25) is 0 Å². The summed E-state index contributed by atoms with van der Waals surface area (Å²) in [6.07, 6.45) is 0. The fourth-order valence-corrected chi connectivity index (χ4v) is 2.84. The van der Waals surface area contributed by atoms with E-state index in [0.717, 1.165) is 0 Å². The Kier molecular flexibility index (Phi) is 5.15. The van der Waals surface area contributed by atoms with E-state index in [9.17, 15) is 8.42 Å². The van der Waals surface area contributed by atoms with Crippen molar-refractivity contribution in [1.29, 1.82) is 5.26 Å². The van der Waals surface area contributed by atoms with Gasteiger partial charge in [-0.1, -0.05) is 26.8 Å². The molecule has 1 rings (SSSR count). The van der Waals surface area contributed by atoms with E-state index in [1.807, 2.05) is 26.8 Å². The molecule has 0 bridgehead atoms. The zero-order valence-corrected chi connectivity index (χ0v) is 12.8. The van der Waals surface area contributed by atoms with Gasteiger partial charge in [0.1, 0.15) is 5.75 Å². The monoisotopic (exact) mass is 296 g/mol. The first-order chi connectivity index (χ1) is 9.12. The molecule has 6 heteroatoms. The molecule has 0 aliphatic carbocycles. The summed E-state index contributed by atoms with van der Waals surface area (Å²) in [6.45, 7) is 6.06. The first kappa shape index (κ1) is 16.5. The maximum atomic E-state index is 11.3. The molecule has 0 amide bonds. The van der Waals surface area contributed by atoms with Gasteiger partial charge in [0, 0.05) is 5.92 Å². The van der Waals surface area contributed by atoms with Crippen LogP contribution in [0.25, 0.3) is 0 Å². The van der Waals surface area contributed by atoms with E-state index >= 15 is 0 Å². The van der Waals surface area contributed by atoms with E-state index in [2.05, 4.69) is 0 Å². The third kappa shape index (κ3) is 5.59. The first-order valence-corrected chi connectivity index (χ1v) is 7.97. The highest BCUT2D eigenvalue weighted by atomic mass is 32.2. The Labute approximate surface area is 120 Å². The minimum Gasteiger partial charge on any atom is -0.493 e. The summed E-state index contributed by atoms with van der Waals surface area (Å²) in [7, 11) is -3.56. The number of sulfonamides is 1. The van der Waals surface area contributed by atoms with Gasteiger partial charge < -0.3 is 4.74 Å². The zero-order valence-electron chi connectivity index (χ0n) is 12.0. The predicted octanol–water partition coefficient (Wildman–Crippen LogP) is 1.89. The number of nitrogens with zero attached hydrogens (tertiary/aromatic N) is 1. The molecule has 0 saturated carbocycles. The van der Waals surface area contributed by atoms with Gasteiger partial charge in [0.05, 0.1) is 24.0 Å². The maximum absolute atomic E-state index is 11.3. The fraction of sp³-hybridized carbons (Fsp3) is 0.500. The minimum atomic E-state index is -3.56. The van der Waals surface area contributed by atoms with Gasteiger partial charge in [-0.05, 0) is 23.6 Å². The van der Waals surface area contributed by atoms with Gasteiger partial charge in [0.2, 0.25) is 10.0 Å². The van der Waals surface area contributed by atoms with Crippen LogP contribution in [0, 0.1) is 22.7 Å². The quantitative estimate of drug-likeness (QED) is 0.897. The molecule has 0 saturated heterocycles. The van der Waals surface area contributed by atoms with Crippen molar-refractivity contribution >= 4 is 10.0 Å². The lowest BCUT2D eigenvalue weighted by Crippen LogP contribution is -2.35. The molecule has 20 heavy (non-hydrogen) atoms. The van der Waals surface area contributed by atoms with Gasteiger partial charge in [0.25, 0.3) is 0 Å². The average molecular weight is 296 g/mol. The van der Waals surface area contributed by atoms with E-state index in [-0.39, 0.29) is 23.7 Å². The van der Waals surface area contributed by atoms with Gasteiger partial charge in [-0.2, -0.15) is 5.26 Å². The molecule has 110 valence electrons. The molecule has 1 aromatic rings. The summed E-state index contributed by atoms with van der Waals surface area (Å²) >= 11 is 0. The van der Waals surface area contributed by atoms with Crippen LogP contribution in [-0.2, 0) is 10.0 Å². The normalized spacial score (nSPS) is 13.6. The van der Waals surface area contributed by atoms with Crippen LogP contribution in [0.1, 0.15) is 26.3 Å². The molecule has 5 nitrogen and oxygen atoms in total. The van der Waals surface area contributed by atoms with E-state index in [4.69, 9.17) is 15.1 Å². The second-order valence-corrected chi connectivity index (χ2v) is 7.50. The Morgan fingerprint density at radius 3 is 2.55 bits per heavy atom. The van der Waals surface area contributed by atoms with Gasteiger partial charge in [-0.25, -0.2) is 13.6 Å². The second kappa shape index (κ2) is 6.25. The highest BCUT2D eigenvalue weighted by Gasteiger charge is 2.29. The summed E-state index contributed by atoms with van der Waals surface area (Å²) in [4.78, 5) is 0. The van der Waals surface area contributed by atoms with Crippen molar-refractivity contribution in [3.63, 3.8) is 0 Å². The highest BCUT2D eigenvalue weighted by molar-refractivity contribution is 7.89. The van der Waals surface area contributed by atoms with Crippen LogP contribution >= 0.6 is 0 Å². The van der Waals surface area contributed by atoms with Crippen molar-refractivity contribution in [2.24, 2.45) is 16.5 Å². The van der Waals surface area contributed by atoms with Crippen LogP contribution < -0.4 is 9.88 Å². The Hall–Kier alpha value is -1.58. The maximum Gasteiger partial charge on any atom is 0.209 e. The molecule has 0 fully saturated rings. The number of hydrogen-bond donors (Lipinski definition) is 1. The topological polar surface area (TPSA) is 93.2 Å². The largest absolute Gasteiger partial charge is 0.493 e. The molecule has 1 unspecified atom stereocenters. The summed E-state index contributed by atoms with van der Waals surface area (Å²) in [5, 5.41) is 13.9. The molecular formula is C14H20N2O3S. The molecule has 0 spiro atoms. The average Bonchev–Trinajstić information content (AvgIpc) is 2.32. The van der Waals surface area contributed by atoms with Crippen molar-refractivity contribution in [3.05, 3.63) is 29.8 Å². The fourth-order valence-electron chi connectivity index (χ4n) is 1.68. The third-order valence-electron chi connectivity index (χ3n) is 3.07. The SMILES string of the molecule is CC(C)(C)C(COc1cccc(C#N)c1)CS(N)(=O)=O. The molecule has 0 aliphatic heterocycles. The van der Waals surface area contributed by atoms with Crippen molar-refractivity contribution in [3.8, 4) is 11.8 Å². The van der Waals surface area contributed by atoms with Crippen molar-refractivity contribution in [2.45, 2.75) is 20.8 Å². The summed E-state index contributed by atoms with van der Waals surface area (Å²) in [6, 6.07) is 8.78. The highest BCUT2D eigenvalue weighted by Crippen LogP contribution is 2.28. The smallest absolute Gasteiger partial charge is 0.209 e. The lowest BCUT2D eigenvalue weighted by atomic mass is 9.82. The first-order valence-electron chi connectivity index (χ1n) is 6.25. The molecule has 0 radical (unpaired) electrons. The molecule has 0 heterocycles. The van der Waals surface area contributed by atoms with E-state index < -0.39 is 10.0 Å². The lowest BCUT2D eigenvalue weighted by Gasteiger charge is -2.29. The van der Waals surface area contributed by atoms with Gasteiger partial charge >= 0.3 is 0 Å². The van der Waals surface area contributed by atoms with Gasteiger partial charge in [-0.3, -0.25) is 0 Å². The van der Waals surface area contributed by atoms with Crippen LogP contribution in [0.3, 0.4) is 0 Å². The predicted molar refractivity (Wildman–Crippen MR) is 77.6 cm³/mol. The molecule has 1 atom stereocenters. The Bertz CT molecular complexity index is 598. The van der Waals surface area contributed by atoms with E-state index in [1.165, 1.54) is 0 Å². The van der Waals surface area contributed by atoms with Crippen LogP contribution in [-0.4, -0.2) is 20.8 Å². The lowest BCUT2D eigenvalue weighted by molar-refractivity contribution is 0.163. The van der Waals surface area contributed by atoms with Crippen molar-refractivity contribution < 1.29 is 13.2 Å². The minimum absolute atomic E-state index is 0.131. The van der Waals surface area contributed by atoms with Crippen LogP contribution in [0.5, 0.6) is 5.75 Å². The Morgan fingerprint density at radius 2 is 2.05 bits per heavy atom. The molecule has 2 N–H and O–H groups in total. The van der Waals surface area contributed by atoms with Crippen molar-refractivity contribution in [2.75, 3.05) is 12.4 Å². The van der Waals surface area contributed by atoms with Gasteiger partial charge in [0.15, 0.2) is 0 Å². The third-order valence-corrected chi connectivity index (χ3v) is 3.94. The van der Waals surface area contributed by atoms with E-state index in [0.29, 0.717) is 11.3 Å². The standard InChI is InChI=1S/C14H20N2O3S/c1-14(2,3)12(10-20(16,17)18)9-19-13-6-4-5-11(7-13)8-15/h4-7,12H,9-10H2,1-3H3,(H2,16,17,18). The Balaban J connectivity index is 2.79. The number of primary sulfonamides is 1. The zero-order chi connectivity index (χ0) is 15.4. The number of benzene rings is 1. The number of rotatable bonds is 5. The summed E-state index contributed by atoms with van der Waals surface area (Å²) < 4.78 is 28.2. The molecular weight excluding hydrogens is 276 g/mol. The summed E-state index contributed by atoms with van der Waals surface area (Å²) in [5.41, 5.74) is 0.250. The van der Waals surface area contributed by atoms with Crippen LogP contribution in [0.4, 0.5) is 0 Å². The van der Waals surface area contributed by atoms with Crippen molar-refractivity contribution in [1.82, 2.24) is 0 Å². The second-order valence-electron chi connectivity index (χ2n) is 5.84. The molecule has 0 aromatic heterocycles. The Morgan fingerprint density at radius 1 is 1.40 bits per heavy atom. The molecule has 1 aromatic carbocycles. The number of ether oxygens (including phenoxy) is 1. The number of hydrogen-bond acceptors (Lipinski definition) is 4. The molecule has 0 aliphatic rings. The summed E-state index contributed by atoms with van der Waals surface area (Å²) in [5.74, 6) is 0.185. The number of nitriles is 1. The van der Waals surface area contributed by atoms with E-state index in [1.54, 1.807) is 24.3 Å².